The third-order valence-electron chi connectivity index (χ3n) is 3.21. The number of hydrogen-bond acceptors (Lipinski definition) is 4. The molecule has 0 bridgehead atoms. The molecular formula is C17H25N3O4S. The van der Waals surface area contributed by atoms with Crippen molar-refractivity contribution in [3.8, 4) is 0 Å². The van der Waals surface area contributed by atoms with E-state index >= 15 is 0 Å². The van der Waals surface area contributed by atoms with Gasteiger partial charge in [0, 0.05) is 24.9 Å². The van der Waals surface area contributed by atoms with Crippen LogP contribution in [0.2, 0.25) is 0 Å². The predicted octanol–water partition coefficient (Wildman–Crippen LogP) is 0.998. The topological polar surface area (TPSA) is 104 Å². The summed E-state index contributed by atoms with van der Waals surface area (Å²) in [6.07, 6.45) is 2.23. The first-order valence-corrected chi connectivity index (χ1v) is 9.68. The Hall–Kier alpha value is -2.19. The Balaban J connectivity index is 2.36. The van der Waals surface area contributed by atoms with Gasteiger partial charge in [0.2, 0.25) is 21.8 Å². The van der Waals surface area contributed by atoms with E-state index in [2.05, 4.69) is 15.4 Å². The van der Waals surface area contributed by atoms with Gasteiger partial charge >= 0.3 is 0 Å². The molecule has 1 atom stereocenters. The summed E-state index contributed by atoms with van der Waals surface area (Å²) in [4.78, 5) is 23.4. The van der Waals surface area contributed by atoms with Crippen molar-refractivity contribution >= 4 is 27.9 Å². The average Bonchev–Trinajstić information content (AvgIpc) is 2.58. The van der Waals surface area contributed by atoms with Gasteiger partial charge in [-0.05, 0) is 25.0 Å². The van der Waals surface area contributed by atoms with E-state index in [1.54, 1.807) is 19.1 Å². The Bertz CT molecular complexity index is 687. The zero-order valence-corrected chi connectivity index (χ0v) is 15.3. The van der Waals surface area contributed by atoms with Crippen LogP contribution in [0.25, 0.3) is 6.08 Å². The molecule has 0 aliphatic carbocycles. The highest BCUT2D eigenvalue weighted by Crippen LogP contribution is 2.02. The molecular weight excluding hydrogens is 342 g/mol. The third-order valence-corrected chi connectivity index (χ3v) is 4.32. The van der Waals surface area contributed by atoms with E-state index in [1.807, 2.05) is 25.1 Å². The van der Waals surface area contributed by atoms with Crippen LogP contribution in [0.4, 0.5) is 0 Å². The average molecular weight is 367 g/mol. The molecule has 0 fully saturated rings. The van der Waals surface area contributed by atoms with Gasteiger partial charge in [-0.15, -0.1) is 0 Å². The van der Waals surface area contributed by atoms with E-state index in [0.29, 0.717) is 6.54 Å². The first kappa shape index (κ1) is 20.9. The molecule has 1 unspecified atom stereocenters. The molecule has 0 spiro atoms. The van der Waals surface area contributed by atoms with Crippen LogP contribution < -0.4 is 15.4 Å². The van der Waals surface area contributed by atoms with Gasteiger partial charge in [-0.25, -0.2) is 13.1 Å². The predicted molar refractivity (Wildman–Crippen MR) is 97.9 cm³/mol. The fourth-order valence-electron chi connectivity index (χ4n) is 1.87. The molecule has 2 amide bonds. The van der Waals surface area contributed by atoms with Gasteiger partial charge in [0.15, 0.2) is 0 Å². The second kappa shape index (κ2) is 10.6. The molecule has 7 nitrogen and oxygen atoms in total. The number of benzene rings is 1. The summed E-state index contributed by atoms with van der Waals surface area (Å²) in [5, 5.41) is 6.26. The quantitative estimate of drug-likeness (QED) is 0.574. The van der Waals surface area contributed by atoms with Crippen LogP contribution in [-0.4, -0.2) is 39.4 Å². The standard InChI is InChI=1S/C17H25N3O4S/c1-3-11-18-17(22)14(2)20-16(21)9-12-19-25(23,24)13-10-15-7-5-4-6-8-15/h4-8,10,13-14,19H,3,9,11-12H2,1-2H3,(H,18,22)(H,20,21). The lowest BCUT2D eigenvalue weighted by atomic mass is 10.2. The van der Waals surface area contributed by atoms with E-state index in [1.165, 1.54) is 6.08 Å². The second-order valence-corrected chi connectivity index (χ2v) is 7.13. The van der Waals surface area contributed by atoms with Crippen molar-refractivity contribution in [3.63, 3.8) is 0 Å². The first-order valence-electron chi connectivity index (χ1n) is 8.14. The molecule has 0 heterocycles. The summed E-state index contributed by atoms with van der Waals surface area (Å²) >= 11 is 0. The van der Waals surface area contributed by atoms with Crippen molar-refractivity contribution in [2.24, 2.45) is 0 Å². The lowest BCUT2D eigenvalue weighted by Crippen LogP contribution is -2.45. The molecule has 3 N–H and O–H groups in total. The summed E-state index contributed by atoms with van der Waals surface area (Å²) in [7, 11) is -3.62. The number of carbonyl (C=O) groups is 2. The number of amides is 2. The minimum atomic E-state index is -3.62. The van der Waals surface area contributed by atoms with Crippen LogP contribution in [0.1, 0.15) is 32.3 Å². The smallest absolute Gasteiger partial charge is 0.242 e. The van der Waals surface area contributed by atoms with Crippen LogP contribution in [-0.2, 0) is 19.6 Å². The molecule has 0 aromatic heterocycles. The molecule has 1 aromatic rings. The molecule has 0 aliphatic rings. The van der Waals surface area contributed by atoms with Crippen LogP contribution >= 0.6 is 0 Å². The van der Waals surface area contributed by atoms with Crippen LogP contribution in [0.5, 0.6) is 0 Å². The molecule has 0 aliphatic heterocycles. The van der Waals surface area contributed by atoms with E-state index in [-0.39, 0.29) is 18.9 Å². The number of hydrogen-bond donors (Lipinski definition) is 3. The number of nitrogens with one attached hydrogen (secondary N) is 3. The van der Waals surface area contributed by atoms with Gasteiger partial charge in [0.25, 0.3) is 0 Å². The zero-order valence-electron chi connectivity index (χ0n) is 14.5. The summed E-state index contributed by atoms with van der Waals surface area (Å²) in [6.45, 7) is 4.01. The van der Waals surface area contributed by atoms with Gasteiger partial charge in [0.05, 0.1) is 0 Å². The van der Waals surface area contributed by atoms with Crippen LogP contribution in [0.15, 0.2) is 35.7 Å². The van der Waals surface area contributed by atoms with E-state index in [0.717, 1.165) is 17.4 Å². The SMILES string of the molecule is CCCNC(=O)C(C)NC(=O)CCNS(=O)(=O)C=Cc1ccccc1. The fourth-order valence-corrected chi connectivity index (χ4v) is 2.69. The maximum Gasteiger partial charge on any atom is 0.242 e. The molecule has 0 saturated heterocycles. The van der Waals surface area contributed by atoms with Crippen LogP contribution in [0.3, 0.4) is 0 Å². The minimum absolute atomic E-state index is 0.0450. The van der Waals surface area contributed by atoms with Crippen molar-refractivity contribution in [3.05, 3.63) is 41.3 Å². The highest BCUT2D eigenvalue weighted by atomic mass is 32.2. The van der Waals surface area contributed by atoms with E-state index in [9.17, 15) is 18.0 Å². The van der Waals surface area contributed by atoms with Gasteiger partial charge in [-0.1, -0.05) is 37.3 Å². The third kappa shape index (κ3) is 9.02. The maximum atomic E-state index is 11.8. The Morgan fingerprint density at radius 1 is 1.16 bits per heavy atom. The lowest BCUT2D eigenvalue weighted by molar-refractivity contribution is -0.128. The monoisotopic (exact) mass is 367 g/mol. The lowest BCUT2D eigenvalue weighted by Gasteiger charge is -2.13. The molecule has 0 saturated carbocycles. The number of rotatable bonds is 10. The first-order chi connectivity index (χ1) is 11.8. The number of sulfonamides is 1. The van der Waals surface area contributed by atoms with Crippen molar-refractivity contribution in [1.82, 2.24) is 15.4 Å². The van der Waals surface area contributed by atoms with Gasteiger partial charge in [0.1, 0.15) is 6.04 Å². The summed E-state index contributed by atoms with van der Waals surface area (Å²) in [5.41, 5.74) is 0.762. The Morgan fingerprint density at radius 3 is 2.48 bits per heavy atom. The highest BCUT2D eigenvalue weighted by molar-refractivity contribution is 7.92. The van der Waals surface area contributed by atoms with Gasteiger partial charge < -0.3 is 10.6 Å². The highest BCUT2D eigenvalue weighted by Gasteiger charge is 2.15. The molecule has 25 heavy (non-hydrogen) atoms. The number of carbonyl (C=O) groups excluding carboxylic acids is 2. The zero-order chi connectivity index (χ0) is 18.7. The normalized spacial score (nSPS) is 12.7. The maximum absolute atomic E-state index is 11.8. The molecule has 138 valence electrons. The van der Waals surface area contributed by atoms with Crippen molar-refractivity contribution in [2.75, 3.05) is 13.1 Å². The molecule has 0 radical (unpaired) electrons. The fraction of sp³-hybridized carbons (Fsp3) is 0.412. The van der Waals surface area contributed by atoms with Gasteiger partial charge in [-0.2, -0.15) is 0 Å². The Labute approximate surface area is 148 Å². The Morgan fingerprint density at radius 2 is 1.84 bits per heavy atom. The molecule has 1 rings (SSSR count). The van der Waals surface area contributed by atoms with E-state index in [4.69, 9.17) is 0 Å². The van der Waals surface area contributed by atoms with Gasteiger partial charge in [-0.3, -0.25) is 9.59 Å². The largest absolute Gasteiger partial charge is 0.354 e. The van der Waals surface area contributed by atoms with Crippen LogP contribution in [0, 0.1) is 0 Å². The summed E-state index contributed by atoms with van der Waals surface area (Å²) in [6, 6.07) is 8.36. The summed E-state index contributed by atoms with van der Waals surface area (Å²) in [5.74, 6) is -0.657. The second-order valence-electron chi connectivity index (χ2n) is 5.48. The molecule has 1 aromatic carbocycles. The van der Waals surface area contributed by atoms with E-state index < -0.39 is 22.0 Å². The Kier molecular flexibility index (Phi) is 8.87. The van der Waals surface area contributed by atoms with Crippen molar-refractivity contribution in [2.45, 2.75) is 32.7 Å². The van der Waals surface area contributed by atoms with Crippen molar-refractivity contribution < 1.29 is 18.0 Å². The molecule has 8 heteroatoms. The minimum Gasteiger partial charge on any atom is -0.354 e. The summed E-state index contributed by atoms with van der Waals surface area (Å²) < 4.78 is 26.0. The van der Waals surface area contributed by atoms with Crippen molar-refractivity contribution in [1.29, 1.82) is 0 Å².